The molecule has 3 heteroatoms. The summed E-state index contributed by atoms with van der Waals surface area (Å²) in [6.07, 6.45) is 8.32. The van der Waals surface area contributed by atoms with Gasteiger partial charge in [-0.15, -0.1) is 0 Å². The number of nitrogens with two attached hydrogens (primary N) is 2. The van der Waals surface area contributed by atoms with Gasteiger partial charge in [0, 0.05) is 6.54 Å². The lowest BCUT2D eigenvalue weighted by atomic mass is 9.40. The van der Waals surface area contributed by atoms with Gasteiger partial charge in [0.2, 0.25) is 0 Å². The van der Waals surface area contributed by atoms with Crippen molar-refractivity contribution in [1.82, 2.24) is 0 Å². The van der Waals surface area contributed by atoms with Crippen LogP contribution in [0.3, 0.4) is 0 Å². The zero-order chi connectivity index (χ0) is 12.3. The Labute approximate surface area is 104 Å². The molecule has 96 valence electrons. The highest BCUT2D eigenvalue weighted by Gasteiger charge is 2.59. The van der Waals surface area contributed by atoms with Crippen LogP contribution in [0.1, 0.15) is 52.4 Å². The van der Waals surface area contributed by atoms with Crippen LogP contribution in [0.5, 0.6) is 0 Å². The third-order valence-corrected chi connectivity index (χ3v) is 5.34. The predicted molar refractivity (Wildman–Crippen MR) is 70.5 cm³/mol. The monoisotopic (exact) mass is 235 g/mol. The molecular formula is C14H25N3. The van der Waals surface area contributed by atoms with Gasteiger partial charge in [-0.1, -0.05) is 13.8 Å². The summed E-state index contributed by atoms with van der Waals surface area (Å²) < 4.78 is 0. The van der Waals surface area contributed by atoms with Crippen molar-refractivity contribution in [3.63, 3.8) is 0 Å². The molecule has 4 aliphatic carbocycles. The minimum absolute atomic E-state index is 0.260. The molecular weight excluding hydrogens is 210 g/mol. The maximum atomic E-state index is 5.52. The fraction of sp³-hybridized carbons (Fsp3) is 0.929. The largest absolute Gasteiger partial charge is 0.370 e. The van der Waals surface area contributed by atoms with Gasteiger partial charge in [0.25, 0.3) is 0 Å². The Hall–Kier alpha value is -0.730. The lowest BCUT2D eigenvalue weighted by Crippen LogP contribution is -2.56. The van der Waals surface area contributed by atoms with Gasteiger partial charge in [-0.3, -0.25) is 4.99 Å². The molecule has 4 rings (SSSR count). The SMILES string of the molecule is CC12CC3CC(C)(C1)CC(CN=C(N)N)(C3)C2. The Morgan fingerprint density at radius 1 is 1.06 bits per heavy atom. The first-order valence-corrected chi connectivity index (χ1v) is 6.88. The molecule has 3 nitrogen and oxygen atoms in total. The molecule has 4 aliphatic rings. The summed E-state index contributed by atoms with van der Waals surface area (Å²) in [5, 5.41) is 0. The molecule has 4 fully saturated rings. The Kier molecular flexibility index (Phi) is 2.13. The molecule has 4 saturated carbocycles. The summed E-state index contributed by atoms with van der Waals surface area (Å²) in [6, 6.07) is 0. The first-order valence-electron chi connectivity index (χ1n) is 6.88. The number of rotatable bonds is 2. The second kappa shape index (κ2) is 3.18. The van der Waals surface area contributed by atoms with Gasteiger partial charge in [-0.2, -0.15) is 0 Å². The minimum Gasteiger partial charge on any atom is -0.370 e. The van der Waals surface area contributed by atoms with E-state index in [2.05, 4.69) is 18.8 Å². The topological polar surface area (TPSA) is 64.4 Å². The normalized spacial score (nSPS) is 51.5. The highest BCUT2D eigenvalue weighted by Crippen LogP contribution is 2.69. The van der Waals surface area contributed by atoms with E-state index in [1.807, 2.05) is 0 Å². The van der Waals surface area contributed by atoms with E-state index < -0.39 is 0 Å². The third kappa shape index (κ3) is 1.84. The molecule has 0 aromatic heterocycles. The van der Waals surface area contributed by atoms with E-state index in [0.717, 1.165) is 12.5 Å². The Bertz CT molecular complexity index is 352. The van der Waals surface area contributed by atoms with Crippen molar-refractivity contribution in [2.45, 2.75) is 52.4 Å². The highest BCUT2D eigenvalue weighted by atomic mass is 15.0. The van der Waals surface area contributed by atoms with Crippen molar-refractivity contribution in [2.24, 2.45) is 38.6 Å². The fourth-order valence-corrected chi connectivity index (χ4v) is 6.12. The maximum Gasteiger partial charge on any atom is 0.185 e. The zero-order valence-electron chi connectivity index (χ0n) is 11.1. The number of hydrogen-bond acceptors (Lipinski definition) is 1. The molecule has 0 spiro atoms. The van der Waals surface area contributed by atoms with Gasteiger partial charge >= 0.3 is 0 Å². The molecule has 0 aromatic carbocycles. The van der Waals surface area contributed by atoms with E-state index in [9.17, 15) is 0 Å². The quantitative estimate of drug-likeness (QED) is 0.569. The molecule has 4 bridgehead atoms. The lowest BCUT2D eigenvalue weighted by molar-refractivity contribution is -0.140. The van der Waals surface area contributed by atoms with Gasteiger partial charge in [0.15, 0.2) is 5.96 Å². The standard InChI is InChI=1S/C14H25N3/c1-12-3-10-4-13(2,6-12)8-14(5-10,7-12)9-17-11(15)16/h10H,3-9H2,1-2H3,(H4,15,16,17). The second-order valence-electron chi connectivity index (χ2n) is 7.87. The number of hydrogen-bond donors (Lipinski definition) is 2. The van der Waals surface area contributed by atoms with Crippen molar-refractivity contribution in [3.05, 3.63) is 0 Å². The van der Waals surface area contributed by atoms with Crippen molar-refractivity contribution in [3.8, 4) is 0 Å². The summed E-state index contributed by atoms with van der Waals surface area (Å²) in [4.78, 5) is 4.35. The van der Waals surface area contributed by atoms with E-state index in [1.165, 1.54) is 38.5 Å². The van der Waals surface area contributed by atoms with Gasteiger partial charge < -0.3 is 11.5 Å². The Morgan fingerprint density at radius 3 is 2.12 bits per heavy atom. The first kappa shape index (κ1) is 11.4. The van der Waals surface area contributed by atoms with Crippen molar-refractivity contribution in [2.75, 3.05) is 6.54 Å². The lowest BCUT2D eigenvalue weighted by Gasteiger charge is -2.65. The number of aliphatic imine (C=N–C) groups is 1. The van der Waals surface area contributed by atoms with Crippen LogP contribution < -0.4 is 11.5 Å². The summed E-state index contributed by atoms with van der Waals surface area (Å²) in [5.41, 5.74) is 12.6. The van der Waals surface area contributed by atoms with Gasteiger partial charge in [0.05, 0.1) is 0 Å². The molecule has 0 saturated heterocycles. The molecule has 4 N–H and O–H groups in total. The smallest absolute Gasteiger partial charge is 0.185 e. The van der Waals surface area contributed by atoms with Crippen molar-refractivity contribution < 1.29 is 0 Å². The average Bonchev–Trinajstić information content (AvgIpc) is 2.08. The summed E-state index contributed by atoms with van der Waals surface area (Å²) >= 11 is 0. The maximum absolute atomic E-state index is 5.52. The van der Waals surface area contributed by atoms with Crippen LogP contribution in [0, 0.1) is 22.2 Å². The summed E-state index contributed by atoms with van der Waals surface area (Å²) in [7, 11) is 0. The fourth-order valence-electron chi connectivity index (χ4n) is 6.12. The Morgan fingerprint density at radius 2 is 1.65 bits per heavy atom. The van der Waals surface area contributed by atoms with E-state index in [0.29, 0.717) is 16.2 Å². The molecule has 0 amide bonds. The van der Waals surface area contributed by atoms with E-state index in [4.69, 9.17) is 11.5 Å². The average molecular weight is 235 g/mol. The van der Waals surface area contributed by atoms with Gasteiger partial charge in [0.1, 0.15) is 0 Å². The van der Waals surface area contributed by atoms with Crippen LogP contribution in [-0.2, 0) is 0 Å². The second-order valence-corrected chi connectivity index (χ2v) is 7.87. The van der Waals surface area contributed by atoms with E-state index in [-0.39, 0.29) is 5.96 Å². The van der Waals surface area contributed by atoms with Crippen LogP contribution in [0.25, 0.3) is 0 Å². The van der Waals surface area contributed by atoms with Gasteiger partial charge in [-0.05, 0) is 60.7 Å². The Balaban J connectivity index is 1.89. The van der Waals surface area contributed by atoms with Crippen LogP contribution in [0.4, 0.5) is 0 Å². The third-order valence-electron chi connectivity index (χ3n) is 5.34. The van der Waals surface area contributed by atoms with Crippen molar-refractivity contribution in [1.29, 1.82) is 0 Å². The first-order chi connectivity index (χ1) is 7.82. The predicted octanol–water partition coefficient (Wildman–Crippen LogP) is 2.26. The van der Waals surface area contributed by atoms with Crippen molar-refractivity contribution >= 4 is 5.96 Å². The van der Waals surface area contributed by atoms with E-state index in [1.54, 1.807) is 0 Å². The molecule has 0 radical (unpaired) electrons. The number of nitrogens with zero attached hydrogens (tertiary/aromatic N) is 1. The van der Waals surface area contributed by atoms with Crippen LogP contribution in [-0.4, -0.2) is 12.5 Å². The molecule has 0 aliphatic heterocycles. The van der Waals surface area contributed by atoms with Crippen LogP contribution >= 0.6 is 0 Å². The molecule has 2 unspecified atom stereocenters. The van der Waals surface area contributed by atoms with Crippen LogP contribution in [0.2, 0.25) is 0 Å². The molecule has 2 atom stereocenters. The molecule has 0 heterocycles. The minimum atomic E-state index is 0.260. The summed E-state index contributed by atoms with van der Waals surface area (Å²) in [5.74, 6) is 1.19. The molecule has 0 aromatic rings. The van der Waals surface area contributed by atoms with Gasteiger partial charge in [-0.25, -0.2) is 0 Å². The van der Waals surface area contributed by atoms with Crippen LogP contribution in [0.15, 0.2) is 4.99 Å². The highest BCUT2D eigenvalue weighted by molar-refractivity contribution is 5.75. The number of guanidine groups is 1. The van der Waals surface area contributed by atoms with E-state index >= 15 is 0 Å². The molecule has 17 heavy (non-hydrogen) atoms. The zero-order valence-corrected chi connectivity index (χ0v) is 11.1. The summed E-state index contributed by atoms with van der Waals surface area (Å²) in [6.45, 7) is 5.83.